The summed E-state index contributed by atoms with van der Waals surface area (Å²) in [5, 5.41) is 11.2. The van der Waals surface area contributed by atoms with Crippen LogP contribution < -0.4 is 16.3 Å². The Kier molecular flexibility index (Phi) is 9.02. The molecule has 3 rings (SSSR count). The van der Waals surface area contributed by atoms with Crippen molar-refractivity contribution < 1.29 is 32.7 Å². The highest BCUT2D eigenvalue weighted by Crippen LogP contribution is 2.30. The van der Waals surface area contributed by atoms with Crippen LogP contribution in [0.25, 0.3) is 0 Å². The number of aliphatic hydroxyl groups is 1. The van der Waals surface area contributed by atoms with Gasteiger partial charge in [-0.1, -0.05) is 0 Å². The largest absolute Gasteiger partial charge is 0.394 e. The second kappa shape index (κ2) is 11.9. The van der Waals surface area contributed by atoms with Gasteiger partial charge in [0.1, 0.15) is 18.2 Å². The molecule has 0 atom stereocenters. The van der Waals surface area contributed by atoms with Gasteiger partial charge >= 0.3 is 0 Å². The van der Waals surface area contributed by atoms with E-state index >= 15 is 0 Å². The molecule has 13 heteroatoms. The Bertz CT molecular complexity index is 1100. The molecule has 9 nitrogen and oxygen atoms in total. The van der Waals surface area contributed by atoms with Crippen LogP contribution in [0.1, 0.15) is 21.7 Å². The lowest BCUT2D eigenvalue weighted by atomic mass is 10.1. The molecular formula is C20H19F3IN5O4. The van der Waals surface area contributed by atoms with Crippen LogP contribution in [0.5, 0.6) is 0 Å². The summed E-state index contributed by atoms with van der Waals surface area (Å²) in [6.07, 6.45) is 3.12. The predicted molar refractivity (Wildman–Crippen MR) is 119 cm³/mol. The number of aliphatic hydroxyl groups excluding tert-OH is 1. The summed E-state index contributed by atoms with van der Waals surface area (Å²) in [6.45, 7) is -0.858. The molecule has 1 amide bonds. The van der Waals surface area contributed by atoms with Gasteiger partial charge in [-0.25, -0.2) is 23.6 Å². The van der Waals surface area contributed by atoms with Crippen molar-refractivity contribution in [2.45, 2.75) is 13.2 Å². The number of rotatable bonds is 11. The molecule has 2 aromatic carbocycles. The molecule has 0 bridgehead atoms. The summed E-state index contributed by atoms with van der Waals surface area (Å²) >= 11 is 1.90. The zero-order chi connectivity index (χ0) is 23.8. The molecule has 3 aromatic rings. The number of hydroxylamine groups is 2. The summed E-state index contributed by atoms with van der Waals surface area (Å²) in [5.41, 5.74) is 3.16. The molecule has 0 spiro atoms. The summed E-state index contributed by atoms with van der Waals surface area (Å²) in [6, 6.07) is 5.15. The number of nitrogens with zero attached hydrogens (tertiary/aromatic N) is 1. The molecular weight excluding hydrogens is 558 g/mol. The highest BCUT2D eigenvalue weighted by molar-refractivity contribution is 14.1. The molecule has 0 aliphatic rings. The Balaban J connectivity index is 1.86. The first-order chi connectivity index (χ1) is 15.9. The molecule has 0 aliphatic heterocycles. The van der Waals surface area contributed by atoms with Crippen LogP contribution in [0.15, 0.2) is 36.7 Å². The first-order valence-electron chi connectivity index (χ1n) is 9.49. The van der Waals surface area contributed by atoms with E-state index in [0.717, 1.165) is 6.07 Å². The van der Waals surface area contributed by atoms with Gasteiger partial charge in [-0.2, -0.15) is 5.48 Å². The molecule has 0 aliphatic carbocycles. The van der Waals surface area contributed by atoms with E-state index in [0.29, 0.717) is 9.39 Å². The molecule has 5 N–H and O–H groups in total. The minimum atomic E-state index is -1.40. The van der Waals surface area contributed by atoms with E-state index in [1.165, 1.54) is 18.3 Å². The first kappa shape index (κ1) is 24.9. The van der Waals surface area contributed by atoms with Crippen molar-refractivity contribution in [2.75, 3.05) is 18.5 Å². The number of imidazole rings is 1. The van der Waals surface area contributed by atoms with Gasteiger partial charge in [-0.05, 0) is 46.9 Å². The number of hydrogen-bond acceptors (Lipinski definition) is 7. The Morgan fingerprint density at radius 3 is 2.70 bits per heavy atom. The van der Waals surface area contributed by atoms with E-state index < -0.39 is 29.0 Å². The van der Waals surface area contributed by atoms with Gasteiger partial charge in [-0.15, -0.1) is 0 Å². The average molecular weight is 577 g/mol. The Morgan fingerprint density at radius 2 is 2.00 bits per heavy atom. The van der Waals surface area contributed by atoms with Crippen LogP contribution in [-0.2, 0) is 22.8 Å². The second-order valence-corrected chi connectivity index (χ2v) is 7.73. The van der Waals surface area contributed by atoms with Gasteiger partial charge < -0.3 is 15.4 Å². The molecule has 0 fully saturated rings. The molecule has 0 saturated heterocycles. The van der Waals surface area contributed by atoms with Crippen molar-refractivity contribution in [1.82, 2.24) is 20.9 Å². The normalized spacial score (nSPS) is 10.9. The number of hydrogen-bond donors (Lipinski definition) is 5. The van der Waals surface area contributed by atoms with Crippen molar-refractivity contribution in [3.63, 3.8) is 0 Å². The molecule has 0 saturated carbocycles. The van der Waals surface area contributed by atoms with E-state index in [2.05, 4.69) is 20.8 Å². The zero-order valence-corrected chi connectivity index (χ0v) is 19.1. The summed E-state index contributed by atoms with van der Waals surface area (Å²) < 4.78 is 44.6. The number of carbonyl (C=O) groups excluding carboxylic acids is 1. The van der Waals surface area contributed by atoms with E-state index in [9.17, 15) is 18.0 Å². The smallest absolute Gasteiger partial charge is 0.277 e. The lowest BCUT2D eigenvalue weighted by Gasteiger charge is -2.17. The fourth-order valence-electron chi connectivity index (χ4n) is 2.68. The van der Waals surface area contributed by atoms with Crippen molar-refractivity contribution in [3.8, 4) is 0 Å². The maximum atomic E-state index is 15.0. The minimum absolute atomic E-state index is 0.0329. The van der Waals surface area contributed by atoms with Gasteiger partial charge in [-0.3, -0.25) is 14.5 Å². The third-order valence-corrected chi connectivity index (χ3v) is 4.88. The number of H-pyrrole nitrogens is 1. The topological polar surface area (TPSA) is 121 Å². The van der Waals surface area contributed by atoms with Crippen molar-refractivity contribution >= 4 is 39.9 Å². The molecule has 1 heterocycles. The number of aromatic nitrogens is 2. The second-order valence-electron chi connectivity index (χ2n) is 6.48. The number of carbonyl (C=O) groups is 1. The van der Waals surface area contributed by atoms with Crippen molar-refractivity contribution in [3.05, 3.63) is 74.6 Å². The number of aromatic amines is 1. The van der Waals surface area contributed by atoms with Crippen LogP contribution in [0.3, 0.4) is 0 Å². The van der Waals surface area contributed by atoms with Crippen LogP contribution in [0.4, 0.5) is 24.5 Å². The average Bonchev–Trinajstić information content (AvgIpc) is 3.31. The third-order valence-electron chi connectivity index (χ3n) is 4.20. The van der Waals surface area contributed by atoms with Crippen molar-refractivity contribution in [2.24, 2.45) is 0 Å². The van der Waals surface area contributed by atoms with Crippen LogP contribution in [0.2, 0.25) is 0 Å². The number of nitrogens with one attached hydrogen (secondary N) is 4. The van der Waals surface area contributed by atoms with Crippen molar-refractivity contribution in [1.29, 1.82) is 0 Å². The number of halogens is 4. The SMILES string of the molecule is O=C(NOCCO)c1cc(CNOCc2ncc[nH]2)c(F)c(F)c1Nc1ccc(I)cc1F. The Morgan fingerprint density at radius 1 is 1.18 bits per heavy atom. The van der Waals surface area contributed by atoms with E-state index in [1.54, 1.807) is 12.3 Å². The van der Waals surface area contributed by atoms with Gasteiger partial charge in [0.05, 0.1) is 30.2 Å². The van der Waals surface area contributed by atoms with Crippen LogP contribution >= 0.6 is 22.6 Å². The maximum absolute atomic E-state index is 15.0. The summed E-state index contributed by atoms with van der Waals surface area (Å²) in [4.78, 5) is 29.3. The Labute approximate surface area is 199 Å². The first-order valence-corrected chi connectivity index (χ1v) is 10.6. The highest BCUT2D eigenvalue weighted by atomic mass is 127. The van der Waals surface area contributed by atoms with Gasteiger partial charge in [0, 0.05) is 28.1 Å². The number of anilines is 2. The third kappa shape index (κ3) is 6.64. The zero-order valence-electron chi connectivity index (χ0n) is 16.9. The number of benzene rings is 2. The standard InChI is InChI=1S/C20H19F3IN5O4/c21-14-8-12(24)1-2-15(14)28-19-13(20(31)29-32-6-5-30)7-11(17(22)18(19)23)9-27-33-10-16-25-3-4-26-16/h1-4,7-8,27-28,30H,5-6,9-10H2,(H,25,26)(H,29,31). The monoisotopic (exact) mass is 577 g/mol. The predicted octanol–water partition coefficient (Wildman–Crippen LogP) is 3.05. The maximum Gasteiger partial charge on any atom is 0.277 e. The van der Waals surface area contributed by atoms with E-state index in [4.69, 9.17) is 14.8 Å². The lowest BCUT2D eigenvalue weighted by Crippen LogP contribution is -2.27. The summed E-state index contributed by atoms with van der Waals surface area (Å²) in [5.74, 6) is -3.81. The fraction of sp³-hybridized carbons (Fsp3) is 0.200. The fourth-order valence-corrected chi connectivity index (χ4v) is 3.13. The molecule has 176 valence electrons. The minimum Gasteiger partial charge on any atom is -0.394 e. The molecule has 1 aromatic heterocycles. The molecule has 33 heavy (non-hydrogen) atoms. The van der Waals surface area contributed by atoms with E-state index in [-0.39, 0.29) is 43.2 Å². The van der Waals surface area contributed by atoms with Gasteiger partial charge in [0.15, 0.2) is 11.6 Å². The lowest BCUT2D eigenvalue weighted by molar-refractivity contribution is 0.0165. The van der Waals surface area contributed by atoms with Crippen LogP contribution in [0, 0.1) is 21.0 Å². The van der Waals surface area contributed by atoms with Crippen LogP contribution in [-0.4, -0.2) is 34.2 Å². The van der Waals surface area contributed by atoms with Gasteiger partial charge in [0.2, 0.25) is 0 Å². The summed E-state index contributed by atoms with van der Waals surface area (Å²) in [7, 11) is 0. The molecule has 0 radical (unpaired) electrons. The Hall–Kier alpha value is -2.72. The number of amides is 1. The highest BCUT2D eigenvalue weighted by Gasteiger charge is 2.24. The van der Waals surface area contributed by atoms with Gasteiger partial charge in [0.25, 0.3) is 5.91 Å². The van der Waals surface area contributed by atoms with E-state index in [1.807, 2.05) is 28.1 Å². The molecule has 0 unspecified atom stereocenters. The quantitative estimate of drug-likeness (QED) is 0.135.